The van der Waals surface area contributed by atoms with Crippen LogP contribution in [0.1, 0.15) is 18.4 Å². The lowest BCUT2D eigenvalue weighted by Crippen LogP contribution is -2.18. The third kappa shape index (κ3) is 2.21. The smallest absolute Gasteiger partial charge is 0.154 e. The van der Waals surface area contributed by atoms with Gasteiger partial charge in [0.25, 0.3) is 0 Å². The van der Waals surface area contributed by atoms with Gasteiger partial charge in [0, 0.05) is 17.6 Å². The maximum absolute atomic E-state index is 11.9. The van der Waals surface area contributed by atoms with Crippen molar-refractivity contribution in [1.29, 1.82) is 0 Å². The third-order valence-electron chi connectivity index (χ3n) is 3.28. The van der Waals surface area contributed by atoms with Crippen LogP contribution in [-0.2, 0) is 9.84 Å². The fourth-order valence-corrected chi connectivity index (χ4v) is 4.54. The van der Waals surface area contributed by atoms with Gasteiger partial charge in [0.1, 0.15) is 0 Å². The summed E-state index contributed by atoms with van der Waals surface area (Å²) in [5.74, 6) is -0.115. The van der Waals surface area contributed by atoms with E-state index in [1.54, 1.807) is 6.92 Å². The highest BCUT2D eigenvalue weighted by molar-refractivity contribution is 7.92. The van der Waals surface area contributed by atoms with Crippen molar-refractivity contribution in [3.05, 3.63) is 35.9 Å². The van der Waals surface area contributed by atoms with E-state index in [0.29, 0.717) is 4.99 Å². The van der Waals surface area contributed by atoms with E-state index in [1.807, 2.05) is 30.3 Å². The highest BCUT2D eigenvalue weighted by Gasteiger charge is 2.59. The monoisotopic (exact) mass is 269 g/mol. The Bertz CT molecular complexity index is 525. The van der Waals surface area contributed by atoms with Crippen molar-refractivity contribution in [2.24, 2.45) is 11.7 Å². The van der Waals surface area contributed by atoms with E-state index in [1.165, 1.54) is 0 Å². The number of rotatable bonds is 4. The predicted octanol–water partition coefficient (Wildman–Crippen LogP) is 1.49. The molecule has 0 aromatic heterocycles. The molecule has 1 aromatic rings. The van der Waals surface area contributed by atoms with Crippen molar-refractivity contribution >= 4 is 27.0 Å². The molecule has 1 aliphatic rings. The summed E-state index contributed by atoms with van der Waals surface area (Å²) in [5, 5.41) is -0.424. The van der Waals surface area contributed by atoms with E-state index in [0.717, 1.165) is 5.56 Å². The highest BCUT2D eigenvalue weighted by atomic mass is 32.2. The van der Waals surface area contributed by atoms with Gasteiger partial charge in [0.2, 0.25) is 0 Å². The van der Waals surface area contributed by atoms with Crippen molar-refractivity contribution in [3.63, 3.8) is 0 Å². The molecule has 0 amide bonds. The molecular formula is C12H15NO2S2. The Morgan fingerprint density at radius 3 is 2.41 bits per heavy atom. The largest absolute Gasteiger partial charge is 0.393 e. The Hall–Kier alpha value is -0.940. The van der Waals surface area contributed by atoms with Crippen molar-refractivity contribution in [3.8, 4) is 0 Å². The third-order valence-corrected chi connectivity index (χ3v) is 5.78. The van der Waals surface area contributed by atoms with Crippen LogP contribution in [-0.4, -0.2) is 24.4 Å². The Kier molecular flexibility index (Phi) is 3.23. The van der Waals surface area contributed by atoms with Gasteiger partial charge >= 0.3 is 0 Å². The molecule has 0 aliphatic heterocycles. The maximum atomic E-state index is 11.9. The molecule has 1 aromatic carbocycles. The first-order chi connectivity index (χ1) is 7.99. The Morgan fingerprint density at radius 1 is 1.35 bits per heavy atom. The van der Waals surface area contributed by atoms with Gasteiger partial charge in [-0.25, -0.2) is 8.42 Å². The van der Waals surface area contributed by atoms with Crippen molar-refractivity contribution in [2.45, 2.75) is 18.1 Å². The van der Waals surface area contributed by atoms with Gasteiger partial charge in [-0.05, 0) is 5.56 Å². The Labute approximate surface area is 107 Å². The second kappa shape index (κ2) is 4.38. The quantitative estimate of drug-likeness (QED) is 0.841. The molecule has 0 radical (unpaired) electrons. The summed E-state index contributed by atoms with van der Waals surface area (Å²) in [7, 11) is -3.08. The standard InChI is InChI=1S/C12H15NO2S2/c1-2-17(14,15)11-9(10(11)12(13)16)8-6-4-3-5-7-8/h3-7,9-11H,2H2,1H3,(H2,13,16)/t9-,10-,11-/m0/s1. The lowest BCUT2D eigenvalue weighted by Gasteiger charge is -1.99. The van der Waals surface area contributed by atoms with Gasteiger partial charge in [-0.2, -0.15) is 0 Å². The van der Waals surface area contributed by atoms with E-state index < -0.39 is 15.1 Å². The lowest BCUT2D eigenvalue weighted by atomic mass is 10.1. The molecule has 0 spiro atoms. The molecule has 5 heteroatoms. The van der Waals surface area contributed by atoms with Gasteiger partial charge < -0.3 is 5.73 Å². The number of thiocarbonyl (C=S) groups is 1. The van der Waals surface area contributed by atoms with Crippen LogP contribution in [0, 0.1) is 5.92 Å². The Morgan fingerprint density at radius 2 is 1.94 bits per heavy atom. The van der Waals surface area contributed by atoms with Crippen LogP contribution in [0.5, 0.6) is 0 Å². The first-order valence-electron chi connectivity index (χ1n) is 5.55. The molecule has 0 heterocycles. The summed E-state index contributed by atoms with van der Waals surface area (Å²) in [6.45, 7) is 1.66. The summed E-state index contributed by atoms with van der Waals surface area (Å²) in [6.07, 6.45) is 0. The molecule has 0 unspecified atom stereocenters. The van der Waals surface area contributed by atoms with E-state index in [4.69, 9.17) is 18.0 Å². The van der Waals surface area contributed by atoms with E-state index in [2.05, 4.69) is 0 Å². The van der Waals surface area contributed by atoms with Crippen LogP contribution in [0.25, 0.3) is 0 Å². The maximum Gasteiger partial charge on any atom is 0.154 e. The molecule has 1 aliphatic carbocycles. The summed E-state index contributed by atoms with van der Waals surface area (Å²) >= 11 is 4.97. The van der Waals surface area contributed by atoms with Gasteiger partial charge in [0.15, 0.2) is 9.84 Å². The second-order valence-corrected chi connectivity index (χ2v) is 7.20. The average Bonchev–Trinajstić information content (AvgIpc) is 3.06. The summed E-state index contributed by atoms with van der Waals surface area (Å²) in [5.41, 5.74) is 6.64. The number of hydrogen-bond acceptors (Lipinski definition) is 3. The van der Waals surface area contributed by atoms with Crippen molar-refractivity contribution in [1.82, 2.24) is 0 Å². The predicted molar refractivity (Wildman–Crippen MR) is 72.7 cm³/mol. The SMILES string of the molecule is CCS(=O)(=O)[C@@H]1[C@@H](C(N)=S)[C@@H]1c1ccccc1. The number of hydrogen-bond donors (Lipinski definition) is 1. The first kappa shape index (κ1) is 12.5. The van der Waals surface area contributed by atoms with Crippen molar-refractivity contribution < 1.29 is 8.42 Å². The molecule has 3 nitrogen and oxygen atoms in total. The first-order valence-corrected chi connectivity index (χ1v) is 7.67. The molecule has 0 saturated heterocycles. The minimum Gasteiger partial charge on any atom is -0.393 e. The average molecular weight is 269 g/mol. The van der Waals surface area contributed by atoms with Gasteiger partial charge in [-0.3, -0.25) is 0 Å². The molecular weight excluding hydrogens is 254 g/mol. The van der Waals surface area contributed by atoms with Crippen molar-refractivity contribution in [2.75, 3.05) is 5.75 Å². The van der Waals surface area contributed by atoms with Crippen LogP contribution >= 0.6 is 12.2 Å². The lowest BCUT2D eigenvalue weighted by molar-refractivity contribution is 0.594. The second-order valence-electron chi connectivity index (χ2n) is 4.28. The molecule has 17 heavy (non-hydrogen) atoms. The van der Waals surface area contributed by atoms with Gasteiger partial charge in [-0.1, -0.05) is 49.5 Å². The van der Waals surface area contributed by atoms with E-state index in [9.17, 15) is 8.42 Å². The van der Waals surface area contributed by atoms with Crippen LogP contribution < -0.4 is 5.73 Å². The van der Waals surface area contributed by atoms with Gasteiger partial charge in [-0.15, -0.1) is 0 Å². The van der Waals surface area contributed by atoms with Crippen LogP contribution in [0.3, 0.4) is 0 Å². The fourth-order valence-electron chi connectivity index (χ4n) is 2.33. The van der Waals surface area contributed by atoms with Crippen LogP contribution in [0.4, 0.5) is 0 Å². The normalized spacial score (nSPS) is 27.7. The highest BCUT2D eigenvalue weighted by Crippen LogP contribution is 2.52. The van der Waals surface area contributed by atoms with Crippen LogP contribution in [0.15, 0.2) is 30.3 Å². The number of nitrogens with two attached hydrogens (primary N) is 1. The fraction of sp³-hybridized carbons (Fsp3) is 0.417. The molecule has 1 fully saturated rings. The molecule has 92 valence electrons. The topological polar surface area (TPSA) is 60.2 Å². The summed E-state index contributed by atoms with van der Waals surface area (Å²) in [4.78, 5) is 0.306. The zero-order valence-electron chi connectivity index (χ0n) is 9.54. The summed E-state index contributed by atoms with van der Waals surface area (Å²) < 4.78 is 23.9. The van der Waals surface area contributed by atoms with Crippen LogP contribution in [0.2, 0.25) is 0 Å². The molecule has 1 saturated carbocycles. The molecule has 2 N–H and O–H groups in total. The number of benzene rings is 1. The van der Waals surface area contributed by atoms with Gasteiger partial charge in [0.05, 0.1) is 10.2 Å². The van der Waals surface area contributed by atoms with E-state index >= 15 is 0 Å². The molecule has 2 rings (SSSR count). The summed E-state index contributed by atoms with van der Waals surface area (Å²) in [6, 6.07) is 9.58. The minimum atomic E-state index is -3.08. The minimum absolute atomic E-state index is 0.0568. The zero-order chi connectivity index (χ0) is 12.6. The zero-order valence-corrected chi connectivity index (χ0v) is 11.2. The Balaban J connectivity index is 2.34. The molecule has 0 bridgehead atoms. The van der Waals surface area contributed by atoms with E-state index in [-0.39, 0.29) is 17.6 Å². The molecule has 3 atom stereocenters. The number of sulfone groups is 1.